The highest BCUT2D eigenvalue weighted by molar-refractivity contribution is 8.00. The Hall–Kier alpha value is -2.79. The molecule has 5 heteroatoms. The molecule has 3 rings (SSSR count). The molecule has 1 unspecified atom stereocenters. The van der Waals surface area contributed by atoms with Gasteiger partial charge in [-0.05, 0) is 42.8 Å². The maximum Gasteiger partial charge on any atom is 0.252 e. The Morgan fingerprint density at radius 1 is 1.03 bits per heavy atom. The van der Waals surface area contributed by atoms with Gasteiger partial charge in [0.05, 0.1) is 11.6 Å². The van der Waals surface area contributed by atoms with Gasteiger partial charge in [-0.3, -0.25) is 9.78 Å². The fraction of sp³-hybridized carbons (Fsp3) is 0.250. The lowest BCUT2D eigenvalue weighted by molar-refractivity contribution is 0.0937. The smallest absolute Gasteiger partial charge is 0.252 e. The Balaban J connectivity index is 1.60. The zero-order chi connectivity index (χ0) is 20.6. The molecule has 4 nitrogen and oxygen atoms in total. The van der Waals surface area contributed by atoms with Crippen LogP contribution >= 0.6 is 11.8 Å². The number of hydrogen-bond donors (Lipinski definition) is 1. The van der Waals surface area contributed by atoms with Crippen molar-refractivity contribution >= 4 is 17.7 Å². The Kier molecular flexibility index (Phi) is 7.30. The van der Waals surface area contributed by atoms with Gasteiger partial charge in [-0.15, -0.1) is 11.8 Å². The van der Waals surface area contributed by atoms with Crippen LogP contribution in [0.5, 0.6) is 5.75 Å². The van der Waals surface area contributed by atoms with Crippen LogP contribution in [0, 0.1) is 0 Å². The number of hydrogen-bond acceptors (Lipinski definition) is 4. The van der Waals surface area contributed by atoms with Gasteiger partial charge in [-0.25, -0.2) is 0 Å². The van der Waals surface area contributed by atoms with Gasteiger partial charge in [0.25, 0.3) is 5.91 Å². The van der Waals surface area contributed by atoms with Crippen molar-refractivity contribution in [2.45, 2.75) is 43.6 Å². The van der Waals surface area contributed by atoms with Crippen LogP contribution in [-0.4, -0.2) is 16.1 Å². The summed E-state index contributed by atoms with van der Waals surface area (Å²) in [6.45, 7) is 6.71. The second kappa shape index (κ2) is 10.1. The number of carbonyl (C=O) groups excluding carboxylic acids is 1. The molecule has 0 spiro atoms. The average Bonchev–Trinajstić information content (AvgIpc) is 2.73. The summed E-state index contributed by atoms with van der Waals surface area (Å²) < 4.78 is 5.80. The van der Waals surface area contributed by atoms with Crippen molar-refractivity contribution in [3.05, 3.63) is 89.7 Å². The number of aromatic nitrogens is 1. The van der Waals surface area contributed by atoms with Crippen molar-refractivity contribution in [3.8, 4) is 5.75 Å². The van der Waals surface area contributed by atoms with E-state index in [9.17, 15) is 4.79 Å². The molecular weight excluding hydrogens is 380 g/mol. The molecule has 0 aliphatic heterocycles. The molecule has 3 aromatic rings. The largest absolute Gasteiger partial charge is 0.489 e. The first kappa shape index (κ1) is 20.9. The quantitative estimate of drug-likeness (QED) is 0.491. The zero-order valence-corrected chi connectivity index (χ0v) is 17.8. The number of nitrogens with zero attached hydrogens (tertiary/aromatic N) is 1. The van der Waals surface area contributed by atoms with Crippen molar-refractivity contribution in [1.29, 1.82) is 0 Å². The molecule has 0 aliphatic carbocycles. The fourth-order valence-corrected chi connectivity index (χ4v) is 3.82. The first-order valence-electron chi connectivity index (χ1n) is 9.71. The zero-order valence-electron chi connectivity index (χ0n) is 17.0. The third-order valence-electron chi connectivity index (χ3n) is 4.35. The SMILES string of the molecule is CC(C)Sc1ccccc1C(=O)NC(C)c1ccc(OCc2cccnc2)cc1. The number of amides is 1. The average molecular weight is 407 g/mol. The topological polar surface area (TPSA) is 51.2 Å². The van der Waals surface area contributed by atoms with Gasteiger partial charge in [-0.1, -0.05) is 44.2 Å². The van der Waals surface area contributed by atoms with Gasteiger partial charge in [0.15, 0.2) is 0 Å². The molecule has 1 atom stereocenters. The minimum absolute atomic E-state index is 0.0573. The summed E-state index contributed by atoms with van der Waals surface area (Å²) in [6.07, 6.45) is 3.54. The highest BCUT2D eigenvalue weighted by Gasteiger charge is 2.15. The summed E-state index contributed by atoms with van der Waals surface area (Å²) in [7, 11) is 0. The van der Waals surface area contributed by atoms with E-state index >= 15 is 0 Å². The van der Waals surface area contributed by atoms with Crippen molar-refractivity contribution in [1.82, 2.24) is 10.3 Å². The molecule has 1 aromatic heterocycles. The standard InChI is InChI=1S/C24H26N2O2S/c1-17(2)29-23-9-5-4-8-22(23)24(27)26-18(3)20-10-12-21(13-11-20)28-16-19-7-6-14-25-15-19/h4-15,17-18H,16H2,1-3H3,(H,26,27). The third kappa shape index (κ3) is 6.09. The lowest BCUT2D eigenvalue weighted by Gasteiger charge is -2.17. The third-order valence-corrected chi connectivity index (χ3v) is 5.43. The molecule has 0 aliphatic rings. The van der Waals surface area contributed by atoms with Gasteiger partial charge >= 0.3 is 0 Å². The van der Waals surface area contributed by atoms with Gasteiger partial charge in [0.2, 0.25) is 0 Å². The van der Waals surface area contributed by atoms with Crippen LogP contribution in [0.4, 0.5) is 0 Å². The van der Waals surface area contributed by atoms with Crippen LogP contribution in [0.1, 0.15) is 48.3 Å². The second-order valence-corrected chi connectivity index (χ2v) is 8.70. The highest BCUT2D eigenvalue weighted by Crippen LogP contribution is 2.27. The predicted molar refractivity (Wildman–Crippen MR) is 118 cm³/mol. The molecular formula is C24H26N2O2S. The fourth-order valence-electron chi connectivity index (χ4n) is 2.87. The van der Waals surface area contributed by atoms with E-state index < -0.39 is 0 Å². The normalized spacial score (nSPS) is 11.9. The van der Waals surface area contributed by atoms with Crippen LogP contribution in [-0.2, 0) is 6.61 Å². The van der Waals surface area contributed by atoms with Crippen molar-refractivity contribution < 1.29 is 9.53 Å². The Morgan fingerprint density at radius 3 is 2.48 bits per heavy atom. The summed E-state index contributed by atoms with van der Waals surface area (Å²) in [6, 6.07) is 19.3. The van der Waals surface area contributed by atoms with Crippen LogP contribution in [0.25, 0.3) is 0 Å². The van der Waals surface area contributed by atoms with E-state index in [0.29, 0.717) is 11.9 Å². The van der Waals surface area contributed by atoms with Gasteiger partial charge < -0.3 is 10.1 Å². The molecule has 1 amide bonds. The Labute approximate surface area is 176 Å². The van der Waals surface area contributed by atoms with E-state index in [2.05, 4.69) is 24.1 Å². The summed E-state index contributed by atoms with van der Waals surface area (Å²) >= 11 is 1.70. The Morgan fingerprint density at radius 2 is 1.79 bits per heavy atom. The molecule has 1 N–H and O–H groups in total. The van der Waals surface area contributed by atoms with Crippen LogP contribution in [0.15, 0.2) is 78.0 Å². The number of pyridine rings is 1. The molecule has 150 valence electrons. The summed E-state index contributed by atoms with van der Waals surface area (Å²) in [5.41, 5.74) is 2.77. The maximum absolute atomic E-state index is 12.8. The molecule has 0 saturated heterocycles. The number of carbonyl (C=O) groups is 1. The Bertz CT molecular complexity index is 927. The van der Waals surface area contributed by atoms with Gasteiger partial charge in [0, 0.05) is 28.1 Å². The number of benzene rings is 2. The van der Waals surface area contributed by atoms with E-state index in [0.717, 1.165) is 27.3 Å². The van der Waals surface area contributed by atoms with Gasteiger partial charge in [0.1, 0.15) is 12.4 Å². The van der Waals surface area contributed by atoms with Crippen LogP contribution in [0.3, 0.4) is 0 Å². The number of ether oxygens (including phenoxy) is 1. The molecule has 29 heavy (non-hydrogen) atoms. The van der Waals surface area contributed by atoms with E-state index in [1.807, 2.05) is 67.6 Å². The number of rotatable bonds is 8. The number of nitrogens with one attached hydrogen (secondary N) is 1. The molecule has 0 radical (unpaired) electrons. The molecule has 2 aromatic carbocycles. The molecule has 0 saturated carbocycles. The minimum Gasteiger partial charge on any atom is -0.489 e. The summed E-state index contributed by atoms with van der Waals surface area (Å²) in [5, 5.41) is 3.52. The monoisotopic (exact) mass is 406 g/mol. The van der Waals surface area contributed by atoms with E-state index in [-0.39, 0.29) is 11.9 Å². The van der Waals surface area contributed by atoms with E-state index in [1.54, 1.807) is 24.2 Å². The molecule has 0 fully saturated rings. The van der Waals surface area contributed by atoms with E-state index in [4.69, 9.17) is 4.74 Å². The second-order valence-electron chi connectivity index (χ2n) is 7.08. The maximum atomic E-state index is 12.8. The predicted octanol–water partition coefficient (Wildman–Crippen LogP) is 5.65. The van der Waals surface area contributed by atoms with Crippen molar-refractivity contribution in [3.63, 3.8) is 0 Å². The van der Waals surface area contributed by atoms with Gasteiger partial charge in [-0.2, -0.15) is 0 Å². The first-order chi connectivity index (χ1) is 14.0. The summed E-state index contributed by atoms with van der Waals surface area (Å²) in [4.78, 5) is 17.9. The summed E-state index contributed by atoms with van der Waals surface area (Å²) in [5.74, 6) is 0.730. The lowest BCUT2D eigenvalue weighted by atomic mass is 10.1. The number of thioether (sulfide) groups is 1. The van der Waals surface area contributed by atoms with Crippen LogP contribution < -0.4 is 10.1 Å². The van der Waals surface area contributed by atoms with Crippen molar-refractivity contribution in [2.75, 3.05) is 0 Å². The first-order valence-corrected chi connectivity index (χ1v) is 10.6. The minimum atomic E-state index is -0.105. The lowest BCUT2D eigenvalue weighted by Crippen LogP contribution is -2.27. The van der Waals surface area contributed by atoms with Crippen molar-refractivity contribution in [2.24, 2.45) is 0 Å². The molecule has 1 heterocycles. The van der Waals surface area contributed by atoms with E-state index in [1.165, 1.54) is 0 Å². The molecule has 0 bridgehead atoms. The van der Waals surface area contributed by atoms with Crippen LogP contribution in [0.2, 0.25) is 0 Å². The highest BCUT2D eigenvalue weighted by atomic mass is 32.2.